The number of guanidine groups is 2. The van der Waals surface area contributed by atoms with Crippen molar-refractivity contribution < 1.29 is 29.4 Å². The van der Waals surface area contributed by atoms with Gasteiger partial charge in [-0.2, -0.15) is 0 Å². The van der Waals surface area contributed by atoms with Gasteiger partial charge in [-0.15, -0.1) is 0 Å². The van der Waals surface area contributed by atoms with Crippen molar-refractivity contribution in [2.45, 2.75) is 50.2 Å². The van der Waals surface area contributed by atoms with Crippen LogP contribution < -0.4 is 39.3 Å². The van der Waals surface area contributed by atoms with Crippen molar-refractivity contribution in [3.05, 3.63) is 0 Å². The standard InChI is InChI=1S/C16H31N9O6/c17-8(12(27)25-10(14(30)31)4-2-6-23-16(20)21)7-11(26)24-9(13(28)29)3-1-5-22-15(18)19/h8-10H,1-7,17H2,(H,24,26)(H,25,27)(H,28,29)(H,30,31)(H4,18,19,22)(H4,20,21,23)/t8-,9-,10-/m0/s1. The van der Waals surface area contributed by atoms with Crippen LogP contribution in [0, 0.1) is 0 Å². The van der Waals surface area contributed by atoms with Crippen LogP contribution in [-0.2, 0) is 19.2 Å². The maximum absolute atomic E-state index is 12.1. The molecule has 3 atom stereocenters. The van der Waals surface area contributed by atoms with Gasteiger partial charge in [0, 0.05) is 13.1 Å². The lowest BCUT2D eigenvalue weighted by Gasteiger charge is -2.19. The summed E-state index contributed by atoms with van der Waals surface area (Å²) < 4.78 is 0. The van der Waals surface area contributed by atoms with Crippen LogP contribution in [0.2, 0.25) is 0 Å². The van der Waals surface area contributed by atoms with Crippen LogP contribution in [0.1, 0.15) is 32.1 Å². The molecule has 15 nitrogen and oxygen atoms in total. The van der Waals surface area contributed by atoms with Gasteiger partial charge in [0.2, 0.25) is 11.8 Å². The van der Waals surface area contributed by atoms with Gasteiger partial charge in [-0.25, -0.2) is 9.59 Å². The predicted molar refractivity (Wildman–Crippen MR) is 112 cm³/mol. The van der Waals surface area contributed by atoms with Gasteiger partial charge in [0.1, 0.15) is 12.1 Å². The first-order valence-electron chi connectivity index (χ1n) is 9.35. The molecule has 0 aliphatic rings. The van der Waals surface area contributed by atoms with Crippen LogP contribution in [0.5, 0.6) is 0 Å². The minimum Gasteiger partial charge on any atom is -0.480 e. The van der Waals surface area contributed by atoms with Crippen molar-refractivity contribution in [3.63, 3.8) is 0 Å². The number of aliphatic imine (C=N–C) groups is 2. The summed E-state index contributed by atoms with van der Waals surface area (Å²) in [5.74, 6) is -4.49. The summed E-state index contributed by atoms with van der Waals surface area (Å²) in [6.07, 6.45) is 0.126. The molecule has 176 valence electrons. The molecule has 14 N–H and O–H groups in total. The van der Waals surface area contributed by atoms with Gasteiger partial charge in [-0.05, 0) is 25.7 Å². The van der Waals surface area contributed by atoms with E-state index in [1.54, 1.807) is 0 Å². The SMILES string of the molecule is NC(N)=NCCC[C@H](NC(=O)C[C@H](N)C(=O)N[C@@H](CCCN=C(N)N)C(=O)O)C(=O)O. The third-order valence-electron chi connectivity index (χ3n) is 3.88. The number of nitrogens with two attached hydrogens (primary N) is 5. The van der Waals surface area contributed by atoms with Crippen LogP contribution in [0.3, 0.4) is 0 Å². The van der Waals surface area contributed by atoms with Crippen LogP contribution in [0.25, 0.3) is 0 Å². The number of amides is 2. The Hall–Kier alpha value is -3.62. The molecule has 0 aliphatic heterocycles. The molecular weight excluding hydrogens is 414 g/mol. The summed E-state index contributed by atoms with van der Waals surface area (Å²) in [7, 11) is 0. The van der Waals surface area contributed by atoms with Gasteiger partial charge in [0.05, 0.1) is 12.5 Å². The number of carbonyl (C=O) groups is 4. The van der Waals surface area contributed by atoms with E-state index in [9.17, 15) is 29.4 Å². The average Bonchev–Trinajstić information content (AvgIpc) is 2.65. The minimum atomic E-state index is -1.38. The van der Waals surface area contributed by atoms with Crippen LogP contribution >= 0.6 is 0 Å². The van der Waals surface area contributed by atoms with Gasteiger partial charge < -0.3 is 49.5 Å². The quantitative estimate of drug-likeness (QED) is 0.0663. The first-order valence-corrected chi connectivity index (χ1v) is 9.35. The molecule has 0 rings (SSSR count). The summed E-state index contributed by atoms with van der Waals surface area (Å²) in [4.78, 5) is 54.2. The zero-order valence-electron chi connectivity index (χ0n) is 17.0. The molecule has 0 aromatic carbocycles. The molecular formula is C16H31N9O6. The Morgan fingerprint density at radius 1 is 0.774 bits per heavy atom. The van der Waals surface area contributed by atoms with E-state index in [1.807, 2.05) is 0 Å². The minimum absolute atomic E-state index is 0.0354. The summed E-state index contributed by atoms with van der Waals surface area (Å²) in [6, 6.07) is -3.85. The molecule has 0 radical (unpaired) electrons. The highest BCUT2D eigenvalue weighted by Crippen LogP contribution is 2.02. The topological polar surface area (TPSA) is 288 Å². The summed E-state index contributed by atoms with van der Waals surface area (Å²) >= 11 is 0. The van der Waals surface area contributed by atoms with Gasteiger partial charge in [0.25, 0.3) is 0 Å². The zero-order valence-corrected chi connectivity index (χ0v) is 17.0. The Bertz CT molecular complexity index is 689. The largest absolute Gasteiger partial charge is 0.480 e. The Morgan fingerprint density at radius 3 is 1.58 bits per heavy atom. The van der Waals surface area contributed by atoms with Crippen LogP contribution in [0.4, 0.5) is 0 Å². The summed E-state index contributed by atoms with van der Waals surface area (Å²) in [5, 5.41) is 22.9. The number of rotatable bonds is 15. The van der Waals surface area contributed by atoms with E-state index in [1.165, 1.54) is 0 Å². The number of aliphatic carboxylic acids is 2. The molecule has 0 fully saturated rings. The number of carbonyl (C=O) groups excluding carboxylic acids is 2. The van der Waals surface area contributed by atoms with E-state index in [0.29, 0.717) is 6.42 Å². The van der Waals surface area contributed by atoms with Crippen molar-refractivity contribution >= 4 is 35.7 Å². The molecule has 0 spiro atoms. The van der Waals surface area contributed by atoms with Crippen molar-refractivity contribution in [3.8, 4) is 0 Å². The monoisotopic (exact) mass is 445 g/mol. The van der Waals surface area contributed by atoms with Crippen LogP contribution in [-0.4, -0.2) is 77.1 Å². The fraction of sp³-hybridized carbons (Fsp3) is 0.625. The van der Waals surface area contributed by atoms with Gasteiger partial charge in [-0.1, -0.05) is 0 Å². The molecule has 31 heavy (non-hydrogen) atoms. The number of hydrogen-bond acceptors (Lipinski definition) is 7. The first-order chi connectivity index (χ1) is 14.4. The lowest BCUT2D eigenvalue weighted by Crippen LogP contribution is -2.51. The number of carboxylic acid groups (broad SMARTS) is 2. The molecule has 0 saturated carbocycles. The van der Waals surface area contributed by atoms with Gasteiger partial charge >= 0.3 is 11.9 Å². The maximum atomic E-state index is 12.1. The van der Waals surface area contributed by atoms with Crippen molar-refractivity contribution in [2.75, 3.05) is 13.1 Å². The highest BCUT2D eigenvalue weighted by Gasteiger charge is 2.26. The second kappa shape index (κ2) is 14.4. The fourth-order valence-electron chi connectivity index (χ4n) is 2.35. The van der Waals surface area contributed by atoms with Crippen molar-refractivity contribution in [1.82, 2.24) is 10.6 Å². The van der Waals surface area contributed by atoms with Crippen molar-refractivity contribution in [1.29, 1.82) is 0 Å². The molecule has 0 saturated heterocycles. The highest BCUT2D eigenvalue weighted by atomic mass is 16.4. The van der Waals surface area contributed by atoms with E-state index < -0.39 is 48.3 Å². The summed E-state index contributed by atoms with van der Waals surface area (Å²) in [5.41, 5.74) is 26.3. The van der Waals surface area contributed by atoms with Gasteiger partial charge in [0.15, 0.2) is 11.9 Å². The average molecular weight is 445 g/mol. The summed E-state index contributed by atoms with van der Waals surface area (Å²) in [6.45, 7) is 0.361. The number of carboxylic acids is 2. The molecule has 0 aliphatic carbocycles. The lowest BCUT2D eigenvalue weighted by atomic mass is 10.1. The maximum Gasteiger partial charge on any atom is 0.326 e. The third-order valence-corrected chi connectivity index (χ3v) is 3.88. The van der Waals surface area contributed by atoms with Gasteiger partial charge in [-0.3, -0.25) is 19.6 Å². The van der Waals surface area contributed by atoms with E-state index in [2.05, 4.69) is 20.6 Å². The predicted octanol–water partition coefficient (Wildman–Crippen LogP) is -4.05. The third kappa shape index (κ3) is 13.3. The normalized spacial score (nSPS) is 13.2. The molecule has 0 unspecified atom stereocenters. The van der Waals surface area contributed by atoms with Crippen molar-refractivity contribution in [2.24, 2.45) is 38.7 Å². The van der Waals surface area contributed by atoms with E-state index >= 15 is 0 Å². The Balaban J connectivity index is 4.63. The molecule has 2 amide bonds. The number of nitrogens with zero attached hydrogens (tertiary/aromatic N) is 2. The molecule has 0 aromatic rings. The second-order valence-electron chi connectivity index (χ2n) is 6.57. The Morgan fingerprint density at radius 2 is 1.19 bits per heavy atom. The lowest BCUT2D eigenvalue weighted by molar-refractivity contribution is -0.143. The number of nitrogens with one attached hydrogen (secondary N) is 2. The smallest absolute Gasteiger partial charge is 0.326 e. The Labute approximate surface area is 178 Å². The van der Waals surface area contributed by atoms with E-state index in [0.717, 1.165) is 0 Å². The van der Waals surface area contributed by atoms with Crippen LogP contribution in [0.15, 0.2) is 9.98 Å². The molecule has 0 heterocycles. The Kier molecular flexibility index (Phi) is 12.7. The zero-order chi connectivity index (χ0) is 24.0. The molecule has 0 aromatic heterocycles. The molecule has 0 bridgehead atoms. The second-order valence-corrected chi connectivity index (χ2v) is 6.57. The number of hydrogen-bond donors (Lipinski definition) is 9. The van der Waals surface area contributed by atoms with E-state index in [4.69, 9.17) is 28.7 Å². The fourth-order valence-corrected chi connectivity index (χ4v) is 2.35. The molecule has 15 heteroatoms. The highest BCUT2D eigenvalue weighted by molar-refractivity contribution is 5.91. The first kappa shape index (κ1) is 27.4. The van der Waals surface area contributed by atoms with E-state index in [-0.39, 0.29) is 44.3 Å².